The fraction of sp³-hybridized carbons (Fsp3) is 0.600. The van der Waals surface area contributed by atoms with E-state index in [-0.39, 0.29) is 11.5 Å². The van der Waals surface area contributed by atoms with Gasteiger partial charge in [-0.05, 0) is 42.6 Å². The lowest BCUT2D eigenvalue weighted by Gasteiger charge is -2.19. The van der Waals surface area contributed by atoms with Gasteiger partial charge in [0.2, 0.25) is 7.28 Å². The second-order valence-electron chi connectivity index (χ2n) is 6.91. The van der Waals surface area contributed by atoms with Crippen LogP contribution in [0.25, 0.3) is 0 Å². The Kier molecular flexibility index (Phi) is 10.3. The molecule has 125 valence electrons. The first-order valence-electron chi connectivity index (χ1n) is 8.58. The number of benzene rings is 1. The van der Waals surface area contributed by atoms with Crippen LogP contribution in [-0.4, -0.2) is 13.0 Å². The van der Waals surface area contributed by atoms with Gasteiger partial charge in [-0.1, -0.05) is 65.7 Å². The smallest absolute Gasteiger partial charge is 0.210 e. The van der Waals surface area contributed by atoms with Crippen molar-refractivity contribution in [1.29, 1.82) is 5.26 Å². The minimum absolute atomic E-state index is 0.0704. The standard InChI is InChI=1S/C13H15BNO.C7H16/c1-9(2)13(14-10(3)16)12-6-4-5-11(7-12)8-15;1-5-7(4)6(2)3/h4-7,9,13H,1-3H3;6-7H,5H2,1-4H3/t13-;/m1./s1. The summed E-state index contributed by atoms with van der Waals surface area (Å²) < 4.78 is 0. The summed E-state index contributed by atoms with van der Waals surface area (Å²) in [6.07, 6.45) is 1.32. The molecule has 1 unspecified atom stereocenters. The van der Waals surface area contributed by atoms with Crippen LogP contribution in [0.3, 0.4) is 0 Å². The van der Waals surface area contributed by atoms with Crippen molar-refractivity contribution in [2.75, 3.05) is 0 Å². The average Bonchev–Trinajstić information content (AvgIpc) is 2.51. The van der Waals surface area contributed by atoms with E-state index in [1.807, 2.05) is 18.2 Å². The van der Waals surface area contributed by atoms with Gasteiger partial charge in [0.1, 0.15) is 0 Å². The largest absolute Gasteiger partial charge is 0.312 e. The molecule has 0 amide bonds. The van der Waals surface area contributed by atoms with Crippen LogP contribution >= 0.6 is 0 Å². The number of rotatable bonds is 6. The van der Waals surface area contributed by atoms with Crippen LogP contribution in [0.1, 0.15) is 71.8 Å². The van der Waals surface area contributed by atoms with Gasteiger partial charge in [0.05, 0.1) is 17.3 Å². The van der Waals surface area contributed by atoms with Crippen molar-refractivity contribution < 1.29 is 4.79 Å². The first-order valence-corrected chi connectivity index (χ1v) is 8.58. The third-order valence-electron chi connectivity index (χ3n) is 4.32. The summed E-state index contributed by atoms with van der Waals surface area (Å²) in [6.45, 7) is 14.8. The molecule has 23 heavy (non-hydrogen) atoms. The molecule has 0 spiro atoms. The fourth-order valence-corrected chi connectivity index (χ4v) is 2.21. The highest BCUT2D eigenvalue weighted by atomic mass is 16.1. The minimum atomic E-state index is 0.0704. The van der Waals surface area contributed by atoms with Crippen molar-refractivity contribution in [3.63, 3.8) is 0 Å². The first kappa shape index (κ1) is 21.4. The van der Waals surface area contributed by atoms with E-state index < -0.39 is 0 Å². The Balaban J connectivity index is 0.000000585. The fourth-order valence-electron chi connectivity index (χ4n) is 2.21. The maximum Gasteiger partial charge on any atom is 0.210 e. The molecule has 1 aromatic rings. The van der Waals surface area contributed by atoms with Crippen molar-refractivity contribution in [2.24, 2.45) is 17.8 Å². The summed E-state index contributed by atoms with van der Waals surface area (Å²) in [7, 11) is 1.72. The molecule has 0 aliphatic heterocycles. The normalized spacial score (nSPS) is 12.9. The Hall–Kier alpha value is -1.56. The summed E-state index contributed by atoms with van der Waals surface area (Å²) in [5.74, 6) is 2.20. The van der Waals surface area contributed by atoms with Gasteiger partial charge in [0.15, 0.2) is 0 Å². The highest BCUT2D eigenvalue weighted by molar-refractivity contribution is 6.74. The zero-order chi connectivity index (χ0) is 18.0. The minimum Gasteiger partial charge on any atom is -0.312 e. The van der Waals surface area contributed by atoms with Crippen LogP contribution in [0.15, 0.2) is 24.3 Å². The predicted molar refractivity (Wildman–Crippen MR) is 99.5 cm³/mol. The molecular formula is C20H31BNO. The van der Waals surface area contributed by atoms with Crippen molar-refractivity contribution in [1.82, 2.24) is 0 Å². The van der Waals surface area contributed by atoms with Gasteiger partial charge in [-0.25, -0.2) is 0 Å². The number of carbonyl (C=O) groups excluding carboxylic acids is 1. The summed E-state index contributed by atoms with van der Waals surface area (Å²) >= 11 is 0. The molecule has 3 heteroatoms. The molecule has 0 saturated heterocycles. The van der Waals surface area contributed by atoms with Crippen LogP contribution in [-0.2, 0) is 4.79 Å². The van der Waals surface area contributed by atoms with Crippen LogP contribution in [0, 0.1) is 29.1 Å². The van der Waals surface area contributed by atoms with E-state index >= 15 is 0 Å². The lowest BCUT2D eigenvalue weighted by Crippen LogP contribution is -2.20. The van der Waals surface area contributed by atoms with Gasteiger partial charge in [-0.15, -0.1) is 0 Å². The van der Waals surface area contributed by atoms with Gasteiger partial charge in [0.25, 0.3) is 0 Å². The maximum atomic E-state index is 11.2. The molecule has 0 saturated carbocycles. The van der Waals surface area contributed by atoms with Crippen molar-refractivity contribution >= 4 is 13.0 Å². The molecule has 0 aromatic heterocycles. The highest BCUT2D eigenvalue weighted by Crippen LogP contribution is 2.24. The van der Waals surface area contributed by atoms with E-state index in [0.717, 1.165) is 17.4 Å². The molecule has 1 aromatic carbocycles. The second-order valence-corrected chi connectivity index (χ2v) is 6.91. The second kappa shape index (κ2) is 11.1. The van der Waals surface area contributed by atoms with Gasteiger partial charge < -0.3 is 4.79 Å². The number of nitrogens with zero attached hydrogens (tertiary/aromatic N) is 1. The Morgan fingerprint density at radius 1 is 1.17 bits per heavy atom. The molecule has 2 atom stereocenters. The molecule has 0 fully saturated rings. The number of carbonyl (C=O) groups is 1. The lowest BCUT2D eigenvalue weighted by atomic mass is 9.55. The van der Waals surface area contributed by atoms with Crippen LogP contribution < -0.4 is 0 Å². The summed E-state index contributed by atoms with van der Waals surface area (Å²) in [6, 6.07) is 9.56. The van der Waals surface area contributed by atoms with Crippen LogP contribution in [0.2, 0.25) is 0 Å². The predicted octanol–water partition coefficient (Wildman–Crippen LogP) is 5.19. The summed E-state index contributed by atoms with van der Waals surface area (Å²) in [5, 5.41) is 8.84. The maximum absolute atomic E-state index is 11.2. The van der Waals surface area contributed by atoms with Gasteiger partial charge in [-0.3, -0.25) is 0 Å². The van der Waals surface area contributed by atoms with Crippen molar-refractivity contribution in [3.8, 4) is 6.07 Å². The molecule has 0 heterocycles. The molecule has 1 rings (SSSR count). The zero-order valence-corrected chi connectivity index (χ0v) is 15.8. The molecule has 0 aliphatic rings. The van der Waals surface area contributed by atoms with Crippen molar-refractivity contribution in [2.45, 2.75) is 60.7 Å². The SMILES string of the molecule is CC(=O)[B][C@@H](c1cccc(C#N)c1)C(C)C.CCC(C)C(C)C. The third kappa shape index (κ3) is 8.60. The molecular weight excluding hydrogens is 281 g/mol. The van der Waals surface area contributed by atoms with Crippen LogP contribution in [0.5, 0.6) is 0 Å². The molecule has 1 radical (unpaired) electrons. The van der Waals surface area contributed by atoms with E-state index in [0.29, 0.717) is 11.5 Å². The van der Waals surface area contributed by atoms with Gasteiger partial charge in [0, 0.05) is 0 Å². The first-order chi connectivity index (χ1) is 10.7. The number of hydrogen-bond donors (Lipinski definition) is 0. The Bertz CT molecular complexity index is 517. The summed E-state index contributed by atoms with van der Waals surface area (Å²) in [5.41, 5.74) is 1.74. The van der Waals surface area contributed by atoms with Gasteiger partial charge in [-0.2, -0.15) is 5.26 Å². The lowest BCUT2D eigenvalue weighted by molar-refractivity contribution is -0.110. The Morgan fingerprint density at radius 2 is 1.78 bits per heavy atom. The highest BCUT2D eigenvalue weighted by Gasteiger charge is 2.19. The third-order valence-corrected chi connectivity index (χ3v) is 4.32. The van der Waals surface area contributed by atoms with E-state index in [2.05, 4.69) is 47.6 Å². The molecule has 0 bridgehead atoms. The monoisotopic (exact) mass is 312 g/mol. The van der Waals surface area contributed by atoms with E-state index in [1.54, 1.807) is 20.3 Å². The Morgan fingerprint density at radius 3 is 2.13 bits per heavy atom. The van der Waals surface area contributed by atoms with E-state index in [4.69, 9.17) is 5.26 Å². The van der Waals surface area contributed by atoms with E-state index in [1.165, 1.54) is 6.42 Å². The zero-order valence-electron chi connectivity index (χ0n) is 15.8. The molecule has 2 nitrogen and oxygen atoms in total. The van der Waals surface area contributed by atoms with E-state index in [9.17, 15) is 4.79 Å². The number of hydrogen-bond acceptors (Lipinski definition) is 2. The summed E-state index contributed by atoms with van der Waals surface area (Å²) in [4.78, 5) is 11.2. The number of nitriles is 1. The quantitative estimate of drug-likeness (QED) is 0.678. The van der Waals surface area contributed by atoms with Crippen molar-refractivity contribution in [3.05, 3.63) is 35.4 Å². The topological polar surface area (TPSA) is 40.9 Å². The molecule has 0 N–H and O–H groups in total. The van der Waals surface area contributed by atoms with Gasteiger partial charge >= 0.3 is 0 Å². The Labute approximate surface area is 143 Å². The average molecular weight is 312 g/mol. The van der Waals surface area contributed by atoms with Crippen LogP contribution in [0.4, 0.5) is 0 Å². The molecule has 0 aliphatic carbocycles.